The first-order valence-electron chi connectivity index (χ1n) is 14.8. The van der Waals surface area contributed by atoms with E-state index in [-0.39, 0.29) is 30.8 Å². The highest BCUT2D eigenvalue weighted by Crippen LogP contribution is 2.35. The molecule has 1 aromatic carbocycles. The van der Waals surface area contributed by atoms with Crippen LogP contribution in [-0.4, -0.2) is 78.6 Å². The van der Waals surface area contributed by atoms with E-state index >= 15 is 0 Å². The fourth-order valence-electron chi connectivity index (χ4n) is 6.09. The summed E-state index contributed by atoms with van der Waals surface area (Å²) in [6.45, 7) is 11.8. The topological polar surface area (TPSA) is 138 Å². The Morgan fingerprint density at radius 2 is 1.86 bits per heavy atom. The molecule has 0 aliphatic carbocycles. The molecule has 0 radical (unpaired) electrons. The third-order valence-electron chi connectivity index (χ3n) is 8.41. The molecule has 5 rings (SSSR count). The van der Waals surface area contributed by atoms with E-state index in [1.54, 1.807) is 10.9 Å². The number of carbonyl (C=O) groups is 2. The van der Waals surface area contributed by atoms with Crippen LogP contribution in [0.4, 0.5) is 0 Å². The monoisotopic (exact) mass is 574 g/mol. The number of amides is 2. The van der Waals surface area contributed by atoms with Crippen molar-refractivity contribution in [3.63, 3.8) is 0 Å². The van der Waals surface area contributed by atoms with Crippen LogP contribution in [0.1, 0.15) is 81.8 Å². The van der Waals surface area contributed by atoms with E-state index in [4.69, 9.17) is 0 Å². The quantitative estimate of drug-likeness (QED) is 0.392. The number of aryl methyl sites for hydroxylation is 1. The lowest BCUT2D eigenvalue weighted by Crippen LogP contribution is -2.50. The fraction of sp³-hybridized carbons (Fsp3) is 0.548. The average molecular weight is 575 g/mol. The van der Waals surface area contributed by atoms with Gasteiger partial charge < -0.3 is 20.6 Å². The Balaban J connectivity index is 1.31. The van der Waals surface area contributed by atoms with Crippen molar-refractivity contribution in [1.82, 2.24) is 40.5 Å². The van der Waals surface area contributed by atoms with Gasteiger partial charge in [0.25, 0.3) is 0 Å². The smallest absolute Gasteiger partial charge is 0.248 e. The summed E-state index contributed by atoms with van der Waals surface area (Å²) in [5, 5.41) is 25.8. The molecule has 0 bridgehead atoms. The second-order valence-electron chi connectivity index (χ2n) is 12.7. The third-order valence-corrected chi connectivity index (χ3v) is 8.41. The second-order valence-corrected chi connectivity index (χ2v) is 12.7. The summed E-state index contributed by atoms with van der Waals surface area (Å²) in [6.07, 6.45) is 6.57. The summed E-state index contributed by atoms with van der Waals surface area (Å²) >= 11 is 0. The van der Waals surface area contributed by atoms with Gasteiger partial charge in [0.05, 0.1) is 23.5 Å². The van der Waals surface area contributed by atoms with E-state index in [9.17, 15) is 14.7 Å². The molecule has 0 saturated carbocycles. The predicted octanol–water partition coefficient (Wildman–Crippen LogP) is 2.94. The van der Waals surface area contributed by atoms with Crippen molar-refractivity contribution < 1.29 is 14.7 Å². The normalized spacial score (nSPS) is 21.2. The Bertz CT molecular complexity index is 1390. The number of β-amino-alcohol motifs (C(OH)–C–C–N with tert-alkyl or cyclic N) is 1. The number of benzene rings is 1. The number of nitrogens with zero attached hydrogens (tertiary/aromatic N) is 6. The van der Waals surface area contributed by atoms with Crippen LogP contribution in [0.2, 0.25) is 0 Å². The van der Waals surface area contributed by atoms with E-state index in [1.807, 2.05) is 65.1 Å². The van der Waals surface area contributed by atoms with E-state index in [1.165, 1.54) is 11.2 Å². The molecule has 3 aromatic rings. The fourth-order valence-corrected chi connectivity index (χ4v) is 6.09. The van der Waals surface area contributed by atoms with Crippen molar-refractivity contribution in [1.29, 1.82) is 0 Å². The van der Waals surface area contributed by atoms with Gasteiger partial charge in [0, 0.05) is 36.8 Å². The lowest BCUT2D eigenvalue weighted by molar-refractivity contribution is -0.144. The first kappa shape index (κ1) is 29.8. The minimum atomic E-state index is -0.782. The number of nitrogens with one attached hydrogen (secondary N) is 2. The third kappa shape index (κ3) is 6.37. The molecular formula is C31H42N8O3. The van der Waals surface area contributed by atoms with Crippen molar-refractivity contribution >= 4 is 11.8 Å². The first-order valence-corrected chi connectivity index (χ1v) is 14.8. The number of aliphatic hydroxyl groups excluding tert-OH is 1. The zero-order valence-corrected chi connectivity index (χ0v) is 25.1. The zero-order chi connectivity index (χ0) is 30.0. The highest BCUT2D eigenvalue weighted by Gasteiger charge is 2.45. The van der Waals surface area contributed by atoms with Gasteiger partial charge in [-0.15, -0.1) is 5.10 Å². The number of rotatable bonds is 7. The minimum absolute atomic E-state index is 0.0979. The van der Waals surface area contributed by atoms with Crippen molar-refractivity contribution in [2.75, 3.05) is 19.6 Å². The van der Waals surface area contributed by atoms with Gasteiger partial charge in [0.15, 0.2) is 0 Å². The molecule has 0 unspecified atom stereocenters. The van der Waals surface area contributed by atoms with Crippen molar-refractivity contribution in [3.8, 4) is 11.3 Å². The van der Waals surface area contributed by atoms with E-state index in [0.717, 1.165) is 54.0 Å². The molecule has 11 heteroatoms. The first-order chi connectivity index (χ1) is 20.0. The zero-order valence-electron chi connectivity index (χ0n) is 25.1. The van der Waals surface area contributed by atoms with Crippen LogP contribution >= 0.6 is 0 Å². The summed E-state index contributed by atoms with van der Waals surface area (Å²) in [5.74, 6) is -0.216. The highest BCUT2D eigenvalue weighted by atomic mass is 16.3. The van der Waals surface area contributed by atoms with E-state index < -0.39 is 23.6 Å². The van der Waals surface area contributed by atoms with Gasteiger partial charge >= 0.3 is 0 Å². The Morgan fingerprint density at radius 3 is 2.52 bits per heavy atom. The summed E-state index contributed by atoms with van der Waals surface area (Å²) in [6, 6.07) is 6.14. The van der Waals surface area contributed by atoms with Gasteiger partial charge in [0.1, 0.15) is 18.4 Å². The van der Waals surface area contributed by atoms with Gasteiger partial charge in [-0.25, -0.2) is 14.6 Å². The Kier molecular flexibility index (Phi) is 8.70. The molecule has 4 heterocycles. The number of carbonyl (C=O) groups excluding carboxylic acids is 2. The second kappa shape index (κ2) is 12.3. The van der Waals surface area contributed by atoms with Crippen LogP contribution in [0.5, 0.6) is 0 Å². The molecule has 224 valence electrons. The summed E-state index contributed by atoms with van der Waals surface area (Å²) in [5.41, 5.74) is 4.14. The molecule has 4 atom stereocenters. The van der Waals surface area contributed by atoms with Crippen LogP contribution in [0.25, 0.3) is 11.3 Å². The van der Waals surface area contributed by atoms with Crippen LogP contribution in [0, 0.1) is 12.3 Å². The maximum absolute atomic E-state index is 14.1. The molecule has 2 aliphatic rings. The molecule has 2 saturated heterocycles. The van der Waals surface area contributed by atoms with Crippen molar-refractivity contribution in [2.45, 2.75) is 84.0 Å². The van der Waals surface area contributed by atoms with Crippen LogP contribution in [0.15, 0.2) is 43.0 Å². The number of piperidine rings is 1. The molecule has 11 nitrogen and oxygen atoms in total. The minimum Gasteiger partial charge on any atom is -0.391 e. The largest absolute Gasteiger partial charge is 0.391 e. The maximum Gasteiger partial charge on any atom is 0.248 e. The predicted molar refractivity (Wildman–Crippen MR) is 158 cm³/mol. The number of hydrogen-bond donors (Lipinski definition) is 3. The van der Waals surface area contributed by atoms with Crippen molar-refractivity contribution in [3.05, 3.63) is 59.8 Å². The standard InChI is InChI=1S/C31H42N8O3/c1-19-15-33-18-34-27(19)23-8-6-21(7-9-23)20(2)35-29(41)26-14-24(40)16-38(26)30(42)28(31(3,4)5)39-17-25(36-37-39)22-10-12-32-13-11-22/h6-9,15,17-18,20,22,24,26,28,32,40H,10-14,16H2,1-5H3,(H,35,41)/t20-,24+,26-,28+/m0/s1. The summed E-state index contributed by atoms with van der Waals surface area (Å²) in [7, 11) is 0. The molecule has 2 amide bonds. The van der Waals surface area contributed by atoms with Gasteiger partial charge in [-0.2, -0.15) is 0 Å². The highest BCUT2D eigenvalue weighted by molar-refractivity contribution is 5.90. The SMILES string of the molecule is Cc1cncnc1-c1ccc([C@H](C)NC(=O)[C@@H]2C[C@@H](O)CN2C(=O)[C@@H](n2cc(C3CCNCC3)nn2)C(C)(C)C)cc1. The van der Waals surface area contributed by atoms with Crippen LogP contribution in [-0.2, 0) is 9.59 Å². The lowest BCUT2D eigenvalue weighted by Gasteiger charge is -2.35. The van der Waals surface area contributed by atoms with Gasteiger partial charge in [0.2, 0.25) is 11.8 Å². The molecule has 42 heavy (non-hydrogen) atoms. The average Bonchev–Trinajstić information content (AvgIpc) is 3.60. The molecule has 0 spiro atoms. The maximum atomic E-state index is 14.1. The van der Waals surface area contributed by atoms with Gasteiger partial charge in [-0.3, -0.25) is 9.59 Å². The van der Waals surface area contributed by atoms with Gasteiger partial charge in [-0.05, 0) is 56.3 Å². The van der Waals surface area contributed by atoms with Crippen LogP contribution < -0.4 is 10.6 Å². The van der Waals surface area contributed by atoms with E-state index in [0.29, 0.717) is 5.92 Å². The molecule has 2 fully saturated rings. The molecular weight excluding hydrogens is 532 g/mol. The van der Waals surface area contributed by atoms with Crippen LogP contribution in [0.3, 0.4) is 0 Å². The summed E-state index contributed by atoms with van der Waals surface area (Å²) in [4.78, 5) is 37.6. The number of likely N-dealkylation sites (tertiary alicyclic amines) is 1. The van der Waals surface area contributed by atoms with Crippen molar-refractivity contribution in [2.24, 2.45) is 5.41 Å². The molecule has 2 aliphatic heterocycles. The molecule has 3 N–H and O–H groups in total. The lowest BCUT2D eigenvalue weighted by atomic mass is 9.85. The Morgan fingerprint density at radius 1 is 1.14 bits per heavy atom. The Hall–Kier alpha value is -3.70. The van der Waals surface area contributed by atoms with E-state index in [2.05, 4.69) is 30.9 Å². The number of aromatic nitrogens is 5. The number of aliphatic hydroxyl groups is 1. The Labute approximate surface area is 247 Å². The van der Waals surface area contributed by atoms with Gasteiger partial charge in [-0.1, -0.05) is 50.3 Å². The summed E-state index contributed by atoms with van der Waals surface area (Å²) < 4.78 is 1.66. The number of hydrogen-bond acceptors (Lipinski definition) is 8. The molecule has 2 aromatic heterocycles.